The first-order valence-corrected chi connectivity index (χ1v) is 8.00. The van der Waals surface area contributed by atoms with E-state index in [1.54, 1.807) is 11.8 Å². The van der Waals surface area contributed by atoms with E-state index in [1.165, 1.54) is 0 Å². The molecule has 4 heteroatoms. The van der Waals surface area contributed by atoms with Crippen molar-refractivity contribution in [2.24, 2.45) is 0 Å². The minimum absolute atomic E-state index is 0.139. The lowest BCUT2D eigenvalue weighted by Crippen LogP contribution is -2.00. The van der Waals surface area contributed by atoms with Crippen LogP contribution in [-0.4, -0.2) is 4.98 Å². The fourth-order valence-electron chi connectivity index (χ4n) is 2.16. The third kappa shape index (κ3) is 3.23. The molecule has 0 unspecified atom stereocenters. The van der Waals surface area contributed by atoms with Gasteiger partial charge in [0.1, 0.15) is 11.1 Å². The topological polar surface area (TPSA) is 36.7 Å². The Bertz CT molecular complexity index is 719. The molecule has 0 aliphatic heterocycles. The van der Waals surface area contributed by atoms with E-state index in [0.717, 1.165) is 32.4 Å². The Morgan fingerprint density at radius 2 is 1.86 bits per heavy atom. The summed E-state index contributed by atoms with van der Waals surface area (Å²) in [4.78, 5) is 4.60. The summed E-state index contributed by atoms with van der Waals surface area (Å²) in [6.45, 7) is 8.05. The standard InChI is InChI=1S/C17H17ClN2S/c1-10-11(2)15(9-19)17(20-12(10)3)21-13(4)14-7-5-6-8-16(14)18/h5-8,13H,1-4H3/t13-/m1/s1. The van der Waals surface area contributed by atoms with Gasteiger partial charge in [0.2, 0.25) is 0 Å². The molecule has 2 aromatic rings. The highest BCUT2D eigenvalue weighted by Crippen LogP contribution is 2.39. The first kappa shape index (κ1) is 15.9. The second-order valence-corrected chi connectivity index (χ2v) is 6.76. The third-order valence-electron chi connectivity index (χ3n) is 3.71. The van der Waals surface area contributed by atoms with E-state index in [4.69, 9.17) is 11.6 Å². The van der Waals surface area contributed by atoms with Crippen molar-refractivity contribution in [2.45, 2.75) is 38.0 Å². The minimum atomic E-state index is 0.139. The summed E-state index contributed by atoms with van der Waals surface area (Å²) in [5, 5.41) is 11.1. The number of pyridine rings is 1. The molecule has 0 bridgehead atoms. The summed E-state index contributed by atoms with van der Waals surface area (Å²) in [5.74, 6) is 0. The lowest BCUT2D eigenvalue weighted by Gasteiger charge is -2.16. The SMILES string of the molecule is Cc1nc(S[C@H](C)c2ccccc2Cl)c(C#N)c(C)c1C. The van der Waals surface area contributed by atoms with Gasteiger partial charge in [-0.15, -0.1) is 0 Å². The van der Waals surface area contributed by atoms with Crippen LogP contribution in [0, 0.1) is 32.1 Å². The summed E-state index contributed by atoms with van der Waals surface area (Å²) in [5.41, 5.74) is 4.80. The number of hydrogen-bond donors (Lipinski definition) is 0. The molecular formula is C17H17ClN2S. The molecule has 0 radical (unpaired) electrons. The lowest BCUT2D eigenvalue weighted by molar-refractivity contribution is 0.985. The van der Waals surface area contributed by atoms with Crippen molar-refractivity contribution in [3.63, 3.8) is 0 Å². The number of aromatic nitrogens is 1. The van der Waals surface area contributed by atoms with Crippen LogP contribution in [0.5, 0.6) is 0 Å². The molecule has 0 saturated carbocycles. The highest BCUT2D eigenvalue weighted by atomic mass is 35.5. The molecule has 0 aliphatic rings. The second kappa shape index (κ2) is 6.51. The van der Waals surface area contributed by atoms with Gasteiger partial charge in [0.05, 0.1) is 5.56 Å². The Morgan fingerprint density at radius 1 is 1.19 bits per heavy atom. The van der Waals surface area contributed by atoms with E-state index in [2.05, 4.69) is 18.0 Å². The number of nitriles is 1. The number of aryl methyl sites for hydroxylation is 1. The molecule has 1 heterocycles. The van der Waals surface area contributed by atoms with E-state index in [9.17, 15) is 5.26 Å². The molecule has 0 N–H and O–H groups in total. The van der Waals surface area contributed by atoms with Crippen LogP contribution < -0.4 is 0 Å². The van der Waals surface area contributed by atoms with E-state index in [-0.39, 0.29) is 5.25 Å². The molecular weight excluding hydrogens is 300 g/mol. The average molecular weight is 317 g/mol. The van der Waals surface area contributed by atoms with Crippen molar-refractivity contribution in [3.05, 3.63) is 57.2 Å². The number of hydrogen-bond acceptors (Lipinski definition) is 3. The smallest absolute Gasteiger partial charge is 0.115 e. The van der Waals surface area contributed by atoms with Gasteiger partial charge in [-0.25, -0.2) is 4.98 Å². The van der Waals surface area contributed by atoms with Crippen molar-refractivity contribution in [1.29, 1.82) is 5.26 Å². The predicted octanol–water partition coefficient (Wildman–Crippen LogP) is 5.39. The van der Waals surface area contributed by atoms with Crippen molar-refractivity contribution >= 4 is 23.4 Å². The Labute approximate surface area is 135 Å². The van der Waals surface area contributed by atoms with E-state index < -0.39 is 0 Å². The van der Waals surface area contributed by atoms with E-state index in [1.807, 2.05) is 45.0 Å². The number of thioether (sulfide) groups is 1. The summed E-state index contributed by atoms with van der Waals surface area (Å²) in [6, 6.07) is 10.1. The van der Waals surface area contributed by atoms with Crippen molar-refractivity contribution in [1.82, 2.24) is 4.98 Å². The molecule has 1 aromatic heterocycles. The Hall–Kier alpha value is -1.50. The van der Waals surface area contributed by atoms with Crippen LogP contribution in [0.4, 0.5) is 0 Å². The monoisotopic (exact) mass is 316 g/mol. The van der Waals surface area contributed by atoms with E-state index in [0.29, 0.717) is 5.56 Å². The Kier molecular flexibility index (Phi) is 4.92. The minimum Gasteiger partial charge on any atom is -0.245 e. The van der Waals surface area contributed by atoms with Gasteiger partial charge in [-0.05, 0) is 50.5 Å². The maximum Gasteiger partial charge on any atom is 0.115 e. The van der Waals surface area contributed by atoms with Crippen molar-refractivity contribution in [2.75, 3.05) is 0 Å². The molecule has 108 valence electrons. The molecule has 0 fully saturated rings. The Balaban J connectivity index is 2.41. The third-order valence-corrected chi connectivity index (χ3v) is 5.18. The first-order chi connectivity index (χ1) is 9.95. The number of nitrogens with zero attached hydrogens (tertiary/aromatic N) is 2. The summed E-state index contributed by atoms with van der Waals surface area (Å²) in [6.07, 6.45) is 0. The highest BCUT2D eigenvalue weighted by molar-refractivity contribution is 7.99. The van der Waals surface area contributed by atoms with Crippen LogP contribution >= 0.6 is 23.4 Å². The molecule has 0 saturated heterocycles. The van der Waals surface area contributed by atoms with Gasteiger partial charge < -0.3 is 0 Å². The average Bonchev–Trinajstić information content (AvgIpc) is 2.45. The first-order valence-electron chi connectivity index (χ1n) is 6.74. The van der Waals surface area contributed by atoms with Crippen LogP contribution in [0.2, 0.25) is 5.02 Å². The maximum absolute atomic E-state index is 9.42. The zero-order valence-electron chi connectivity index (χ0n) is 12.6. The summed E-state index contributed by atoms with van der Waals surface area (Å²) < 4.78 is 0. The lowest BCUT2D eigenvalue weighted by atomic mass is 10.1. The molecule has 0 amide bonds. The van der Waals surface area contributed by atoms with Crippen molar-refractivity contribution in [3.8, 4) is 6.07 Å². The number of rotatable bonds is 3. The van der Waals surface area contributed by atoms with Gasteiger partial charge in [-0.1, -0.05) is 41.6 Å². The zero-order chi connectivity index (χ0) is 15.6. The van der Waals surface area contributed by atoms with Crippen LogP contribution in [-0.2, 0) is 0 Å². The van der Waals surface area contributed by atoms with Crippen molar-refractivity contribution < 1.29 is 0 Å². The summed E-state index contributed by atoms with van der Waals surface area (Å²) in [7, 11) is 0. The predicted molar refractivity (Wildman–Crippen MR) is 88.9 cm³/mol. The fourth-order valence-corrected chi connectivity index (χ4v) is 3.70. The van der Waals surface area contributed by atoms with Crippen LogP contribution in [0.3, 0.4) is 0 Å². The van der Waals surface area contributed by atoms with Crippen LogP contribution in [0.1, 0.15) is 40.1 Å². The Morgan fingerprint density at radius 3 is 2.48 bits per heavy atom. The summed E-state index contributed by atoms with van der Waals surface area (Å²) >= 11 is 7.83. The molecule has 2 nitrogen and oxygen atoms in total. The normalized spacial score (nSPS) is 12.0. The fraction of sp³-hybridized carbons (Fsp3) is 0.294. The maximum atomic E-state index is 9.42. The molecule has 1 aromatic carbocycles. The van der Waals surface area contributed by atoms with Gasteiger partial charge in [-0.2, -0.15) is 5.26 Å². The van der Waals surface area contributed by atoms with Gasteiger partial charge in [0.15, 0.2) is 0 Å². The largest absolute Gasteiger partial charge is 0.245 e. The van der Waals surface area contributed by atoms with Gasteiger partial charge in [-0.3, -0.25) is 0 Å². The van der Waals surface area contributed by atoms with E-state index >= 15 is 0 Å². The number of halogens is 1. The molecule has 1 atom stereocenters. The van der Waals surface area contributed by atoms with Crippen LogP contribution in [0.15, 0.2) is 29.3 Å². The van der Waals surface area contributed by atoms with Gasteiger partial charge in [0, 0.05) is 16.0 Å². The quantitative estimate of drug-likeness (QED) is 0.713. The number of benzene rings is 1. The molecule has 0 spiro atoms. The second-order valence-electron chi connectivity index (χ2n) is 5.02. The molecule has 2 rings (SSSR count). The highest BCUT2D eigenvalue weighted by Gasteiger charge is 2.17. The van der Waals surface area contributed by atoms with Gasteiger partial charge in [0.25, 0.3) is 0 Å². The molecule has 0 aliphatic carbocycles. The zero-order valence-corrected chi connectivity index (χ0v) is 14.1. The molecule has 21 heavy (non-hydrogen) atoms. The van der Waals surface area contributed by atoms with Crippen LogP contribution in [0.25, 0.3) is 0 Å². The van der Waals surface area contributed by atoms with Gasteiger partial charge >= 0.3 is 0 Å².